The van der Waals surface area contributed by atoms with Crippen LogP contribution in [0.15, 0.2) is 65.1 Å². The van der Waals surface area contributed by atoms with Crippen molar-refractivity contribution < 1.29 is 14.3 Å². The van der Waals surface area contributed by atoms with Crippen LogP contribution in [-0.4, -0.2) is 36.2 Å². The highest BCUT2D eigenvalue weighted by Crippen LogP contribution is 2.37. The fourth-order valence-electron chi connectivity index (χ4n) is 3.39. The maximum Gasteiger partial charge on any atom is 0.329 e. The van der Waals surface area contributed by atoms with Gasteiger partial charge in [-0.2, -0.15) is 0 Å². The van der Waals surface area contributed by atoms with Crippen LogP contribution in [0.4, 0.5) is 0 Å². The highest BCUT2D eigenvalue weighted by atomic mass is 16.6. The SMILES string of the molecule is Oc1c(OCCCN2CC=C(c3ccccc3)CC2)oc2ccccc12. The molecule has 4 nitrogen and oxygen atoms in total. The van der Waals surface area contributed by atoms with Crippen LogP contribution in [0.1, 0.15) is 18.4 Å². The first-order chi connectivity index (χ1) is 12.8. The number of furan rings is 1. The molecule has 0 radical (unpaired) electrons. The van der Waals surface area contributed by atoms with Crippen molar-refractivity contribution in [2.24, 2.45) is 0 Å². The minimum atomic E-state index is 0.0917. The summed E-state index contributed by atoms with van der Waals surface area (Å²) in [5.74, 6) is 0.310. The summed E-state index contributed by atoms with van der Waals surface area (Å²) < 4.78 is 11.2. The second-order valence-electron chi connectivity index (χ2n) is 6.58. The van der Waals surface area contributed by atoms with Crippen molar-refractivity contribution >= 4 is 16.5 Å². The number of benzene rings is 2. The van der Waals surface area contributed by atoms with E-state index in [4.69, 9.17) is 9.15 Å². The van der Waals surface area contributed by atoms with Crippen molar-refractivity contribution in [3.8, 4) is 11.7 Å². The highest BCUT2D eigenvalue weighted by molar-refractivity contribution is 5.86. The molecular weight excluding hydrogens is 326 g/mol. The lowest BCUT2D eigenvalue weighted by molar-refractivity contribution is 0.208. The zero-order chi connectivity index (χ0) is 17.8. The van der Waals surface area contributed by atoms with Crippen LogP contribution in [0.5, 0.6) is 11.7 Å². The molecule has 1 N–H and O–H groups in total. The van der Waals surface area contributed by atoms with E-state index in [0.29, 0.717) is 17.6 Å². The van der Waals surface area contributed by atoms with Crippen LogP contribution < -0.4 is 4.74 Å². The third kappa shape index (κ3) is 3.60. The quantitative estimate of drug-likeness (QED) is 0.656. The van der Waals surface area contributed by atoms with Crippen LogP contribution in [0.3, 0.4) is 0 Å². The maximum atomic E-state index is 10.1. The lowest BCUT2D eigenvalue weighted by Crippen LogP contribution is -2.30. The molecule has 0 bridgehead atoms. The summed E-state index contributed by atoms with van der Waals surface area (Å²) >= 11 is 0. The first kappa shape index (κ1) is 16.7. The first-order valence-corrected chi connectivity index (χ1v) is 9.11. The molecule has 0 amide bonds. The molecule has 0 fully saturated rings. The highest BCUT2D eigenvalue weighted by Gasteiger charge is 2.15. The molecule has 26 heavy (non-hydrogen) atoms. The standard InChI is InChI=1S/C22H23NO3/c24-21-19-9-4-5-10-20(19)26-22(21)25-16-6-13-23-14-11-18(12-15-23)17-7-2-1-3-8-17/h1-5,7-11,24H,6,12-16H2. The van der Waals surface area contributed by atoms with E-state index >= 15 is 0 Å². The summed E-state index contributed by atoms with van der Waals surface area (Å²) in [4.78, 5) is 2.42. The van der Waals surface area contributed by atoms with Crippen molar-refractivity contribution in [2.45, 2.75) is 12.8 Å². The second kappa shape index (κ2) is 7.67. The number of rotatable bonds is 6. The van der Waals surface area contributed by atoms with Gasteiger partial charge >= 0.3 is 5.95 Å². The zero-order valence-electron chi connectivity index (χ0n) is 14.7. The Morgan fingerprint density at radius 3 is 2.62 bits per heavy atom. The summed E-state index contributed by atoms with van der Waals surface area (Å²) in [6, 6.07) is 18.0. The van der Waals surface area contributed by atoms with E-state index < -0.39 is 0 Å². The third-order valence-electron chi connectivity index (χ3n) is 4.83. The molecule has 2 heterocycles. The zero-order valence-corrected chi connectivity index (χ0v) is 14.7. The van der Waals surface area contributed by atoms with E-state index in [0.717, 1.165) is 32.5 Å². The van der Waals surface area contributed by atoms with E-state index in [2.05, 4.69) is 41.3 Å². The van der Waals surface area contributed by atoms with Gasteiger partial charge in [-0.15, -0.1) is 0 Å². The summed E-state index contributed by atoms with van der Waals surface area (Å²) in [5, 5.41) is 10.8. The molecule has 0 atom stereocenters. The number of fused-ring (bicyclic) bond motifs is 1. The molecule has 0 saturated heterocycles. The van der Waals surface area contributed by atoms with Crippen molar-refractivity contribution in [3.63, 3.8) is 0 Å². The van der Waals surface area contributed by atoms with Crippen molar-refractivity contribution in [1.29, 1.82) is 0 Å². The van der Waals surface area contributed by atoms with Gasteiger partial charge in [0, 0.05) is 19.6 Å². The van der Waals surface area contributed by atoms with Gasteiger partial charge in [0.05, 0.1) is 12.0 Å². The number of hydrogen-bond acceptors (Lipinski definition) is 4. The largest absolute Gasteiger partial charge is 0.501 e. The molecule has 0 unspecified atom stereocenters. The summed E-state index contributed by atoms with van der Waals surface area (Å²) in [5.41, 5.74) is 3.41. The topological polar surface area (TPSA) is 45.8 Å². The molecule has 1 aliphatic rings. The molecule has 4 rings (SSSR count). The van der Waals surface area contributed by atoms with Gasteiger partial charge in [0.1, 0.15) is 5.58 Å². The van der Waals surface area contributed by atoms with Gasteiger partial charge < -0.3 is 14.3 Å². The number of ether oxygens (including phenoxy) is 1. The van der Waals surface area contributed by atoms with Crippen LogP contribution >= 0.6 is 0 Å². The Morgan fingerprint density at radius 1 is 1.04 bits per heavy atom. The van der Waals surface area contributed by atoms with Gasteiger partial charge in [-0.05, 0) is 36.1 Å². The first-order valence-electron chi connectivity index (χ1n) is 9.11. The van der Waals surface area contributed by atoms with Gasteiger partial charge in [0.25, 0.3) is 0 Å². The molecule has 0 aliphatic carbocycles. The summed E-state index contributed by atoms with van der Waals surface area (Å²) in [7, 11) is 0. The van der Waals surface area contributed by atoms with Crippen LogP contribution in [-0.2, 0) is 0 Å². The van der Waals surface area contributed by atoms with Crippen molar-refractivity contribution in [2.75, 3.05) is 26.2 Å². The van der Waals surface area contributed by atoms with E-state index in [9.17, 15) is 5.11 Å². The van der Waals surface area contributed by atoms with E-state index in [1.165, 1.54) is 11.1 Å². The second-order valence-corrected chi connectivity index (χ2v) is 6.58. The molecule has 3 aromatic rings. The normalized spacial score (nSPS) is 15.2. The predicted molar refractivity (Wildman–Crippen MR) is 103 cm³/mol. The van der Waals surface area contributed by atoms with Crippen molar-refractivity contribution in [3.05, 3.63) is 66.2 Å². The predicted octanol–water partition coefficient (Wildman–Crippen LogP) is 4.70. The Kier molecular flexibility index (Phi) is 4.93. The Bertz CT molecular complexity index is 898. The van der Waals surface area contributed by atoms with E-state index in [-0.39, 0.29) is 11.7 Å². The third-order valence-corrected chi connectivity index (χ3v) is 4.83. The van der Waals surface area contributed by atoms with Crippen LogP contribution in [0.2, 0.25) is 0 Å². The minimum absolute atomic E-state index is 0.0917. The van der Waals surface area contributed by atoms with Crippen molar-refractivity contribution in [1.82, 2.24) is 4.90 Å². The van der Waals surface area contributed by atoms with Gasteiger partial charge in [0.2, 0.25) is 5.75 Å². The number of aromatic hydroxyl groups is 1. The monoisotopic (exact) mass is 349 g/mol. The molecule has 134 valence electrons. The van der Waals surface area contributed by atoms with Gasteiger partial charge in [0.15, 0.2) is 0 Å². The summed E-state index contributed by atoms with van der Waals surface area (Å²) in [6.45, 7) is 3.54. The Morgan fingerprint density at radius 2 is 1.85 bits per heavy atom. The van der Waals surface area contributed by atoms with Crippen LogP contribution in [0.25, 0.3) is 16.5 Å². The van der Waals surface area contributed by atoms with Gasteiger partial charge in [-0.3, -0.25) is 4.90 Å². The minimum Gasteiger partial charge on any atom is -0.501 e. The lowest BCUT2D eigenvalue weighted by Gasteiger charge is -2.26. The average Bonchev–Trinajstić information content (AvgIpc) is 3.02. The molecule has 0 spiro atoms. The Labute approximate surface area is 153 Å². The Hall–Kier alpha value is -2.72. The number of para-hydroxylation sites is 1. The molecule has 2 aromatic carbocycles. The van der Waals surface area contributed by atoms with Gasteiger partial charge in [-0.1, -0.05) is 48.5 Å². The smallest absolute Gasteiger partial charge is 0.329 e. The van der Waals surface area contributed by atoms with Gasteiger partial charge in [-0.25, -0.2) is 0 Å². The van der Waals surface area contributed by atoms with Crippen LogP contribution in [0, 0.1) is 0 Å². The number of nitrogens with zero attached hydrogens (tertiary/aromatic N) is 1. The molecule has 4 heteroatoms. The molecular formula is C22H23NO3. The molecule has 1 aromatic heterocycles. The summed E-state index contributed by atoms with van der Waals surface area (Å²) in [6.07, 6.45) is 4.30. The average molecular weight is 349 g/mol. The van der Waals surface area contributed by atoms with E-state index in [1.807, 2.05) is 24.3 Å². The maximum absolute atomic E-state index is 10.1. The van der Waals surface area contributed by atoms with E-state index in [1.54, 1.807) is 0 Å². The fraction of sp³-hybridized carbons (Fsp3) is 0.273. The Balaban J connectivity index is 1.25. The fourth-order valence-corrected chi connectivity index (χ4v) is 3.39. The lowest BCUT2D eigenvalue weighted by atomic mass is 9.99. The molecule has 1 aliphatic heterocycles. The molecule has 0 saturated carbocycles. The number of hydrogen-bond donors (Lipinski definition) is 1.